The number of hydrogen-bond acceptors (Lipinski definition) is 4. The van der Waals surface area contributed by atoms with Crippen LogP contribution in [0.2, 0.25) is 0 Å². The van der Waals surface area contributed by atoms with Crippen molar-refractivity contribution in [2.75, 3.05) is 26.8 Å². The van der Waals surface area contributed by atoms with Crippen molar-refractivity contribution in [3.63, 3.8) is 0 Å². The molecule has 0 aliphatic heterocycles. The fourth-order valence-electron chi connectivity index (χ4n) is 2.90. The molecule has 1 atom stereocenters. The summed E-state index contributed by atoms with van der Waals surface area (Å²) >= 11 is 1.79. The monoisotopic (exact) mass is 268 g/mol. The second-order valence-electron chi connectivity index (χ2n) is 5.17. The van der Waals surface area contributed by atoms with Gasteiger partial charge in [0.2, 0.25) is 0 Å². The molecule has 1 heterocycles. The minimum absolute atomic E-state index is 0.768. The van der Waals surface area contributed by atoms with Crippen molar-refractivity contribution >= 4 is 11.3 Å². The third-order valence-corrected chi connectivity index (χ3v) is 4.70. The summed E-state index contributed by atoms with van der Waals surface area (Å²) in [5.74, 6) is 1.67. The number of aromatic nitrogens is 1. The molecule has 18 heavy (non-hydrogen) atoms. The van der Waals surface area contributed by atoms with Gasteiger partial charge in [0.1, 0.15) is 0 Å². The smallest absolute Gasteiger partial charge is 0.0794 e. The van der Waals surface area contributed by atoms with Crippen LogP contribution in [0.15, 0.2) is 11.7 Å². The number of nitrogens with zero attached hydrogens (tertiary/aromatic N) is 1. The van der Waals surface area contributed by atoms with Gasteiger partial charge in [-0.3, -0.25) is 4.98 Å². The van der Waals surface area contributed by atoms with E-state index in [1.807, 2.05) is 11.7 Å². The standard InChI is InChI=1S/C14H24N2OS/c1-17-7-6-15-9-13(12-4-2-3-5-12)8-14-10-16-11-18-14/h10-13,15H,2-9H2,1H3. The van der Waals surface area contributed by atoms with Crippen molar-refractivity contribution in [2.45, 2.75) is 32.1 Å². The molecule has 4 heteroatoms. The van der Waals surface area contributed by atoms with Gasteiger partial charge in [-0.15, -0.1) is 11.3 Å². The quantitative estimate of drug-likeness (QED) is 0.736. The molecule has 0 amide bonds. The summed E-state index contributed by atoms with van der Waals surface area (Å²) in [4.78, 5) is 5.62. The highest BCUT2D eigenvalue weighted by molar-refractivity contribution is 7.09. The Balaban J connectivity index is 1.81. The Kier molecular flexibility index (Phi) is 6.11. The number of ether oxygens (including phenoxy) is 1. The Bertz CT molecular complexity index is 310. The molecule has 1 N–H and O–H groups in total. The zero-order valence-corrected chi connectivity index (χ0v) is 12.0. The van der Waals surface area contributed by atoms with Gasteiger partial charge in [0.25, 0.3) is 0 Å². The normalized spacial score (nSPS) is 18.3. The number of nitrogens with one attached hydrogen (secondary N) is 1. The molecule has 1 saturated carbocycles. The molecule has 1 aromatic rings. The van der Waals surface area contributed by atoms with E-state index in [1.165, 1.54) is 37.0 Å². The van der Waals surface area contributed by atoms with Gasteiger partial charge in [0, 0.05) is 24.7 Å². The Morgan fingerprint density at radius 3 is 3.00 bits per heavy atom. The maximum absolute atomic E-state index is 5.08. The molecule has 0 bridgehead atoms. The summed E-state index contributed by atoms with van der Waals surface area (Å²) in [5, 5.41) is 3.53. The SMILES string of the molecule is COCCNCC(Cc1cncs1)C1CCCC1. The predicted molar refractivity (Wildman–Crippen MR) is 76.0 cm³/mol. The zero-order valence-electron chi connectivity index (χ0n) is 11.2. The van der Waals surface area contributed by atoms with Gasteiger partial charge >= 0.3 is 0 Å². The maximum atomic E-state index is 5.08. The van der Waals surface area contributed by atoms with Crippen molar-refractivity contribution in [1.82, 2.24) is 10.3 Å². The molecule has 3 nitrogen and oxygen atoms in total. The van der Waals surface area contributed by atoms with Crippen LogP contribution in [0.5, 0.6) is 0 Å². The predicted octanol–water partition coefficient (Wildman–Crippen LogP) is 2.73. The average Bonchev–Trinajstić information content (AvgIpc) is 3.05. The number of hydrogen-bond donors (Lipinski definition) is 1. The Morgan fingerprint density at radius 2 is 2.33 bits per heavy atom. The van der Waals surface area contributed by atoms with Crippen LogP contribution < -0.4 is 5.32 Å². The fourth-order valence-corrected chi connectivity index (χ4v) is 3.59. The Labute approximate surface area is 114 Å². The Hall–Kier alpha value is -0.450. The lowest BCUT2D eigenvalue weighted by atomic mass is 9.87. The van der Waals surface area contributed by atoms with Crippen molar-refractivity contribution in [1.29, 1.82) is 0 Å². The largest absolute Gasteiger partial charge is 0.383 e. The van der Waals surface area contributed by atoms with Gasteiger partial charge in [-0.25, -0.2) is 0 Å². The van der Waals surface area contributed by atoms with Gasteiger partial charge in [0.05, 0.1) is 12.1 Å². The molecule has 1 unspecified atom stereocenters. The summed E-state index contributed by atoms with van der Waals surface area (Å²) in [6.07, 6.45) is 8.88. The number of thiazole rings is 1. The molecule has 0 spiro atoms. The van der Waals surface area contributed by atoms with E-state index in [-0.39, 0.29) is 0 Å². The van der Waals surface area contributed by atoms with Gasteiger partial charge in [-0.1, -0.05) is 25.7 Å². The molecule has 1 aliphatic rings. The first-order valence-corrected chi connectivity index (χ1v) is 7.85. The van der Waals surface area contributed by atoms with E-state index in [1.54, 1.807) is 18.4 Å². The number of methoxy groups -OCH3 is 1. The van der Waals surface area contributed by atoms with E-state index in [2.05, 4.69) is 10.3 Å². The van der Waals surface area contributed by atoms with E-state index in [0.29, 0.717) is 0 Å². The van der Waals surface area contributed by atoms with E-state index >= 15 is 0 Å². The van der Waals surface area contributed by atoms with Crippen molar-refractivity contribution in [2.24, 2.45) is 11.8 Å². The first kappa shape index (κ1) is 14.0. The summed E-state index contributed by atoms with van der Waals surface area (Å²) in [6, 6.07) is 0. The molecule has 0 saturated heterocycles. The zero-order chi connectivity index (χ0) is 12.6. The summed E-state index contributed by atoms with van der Waals surface area (Å²) in [7, 11) is 1.76. The highest BCUT2D eigenvalue weighted by atomic mass is 32.1. The first-order chi connectivity index (χ1) is 8.90. The maximum Gasteiger partial charge on any atom is 0.0794 e. The van der Waals surface area contributed by atoms with Gasteiger partial charge in [0.15, 0.2) is 0 Å². The number of rotatable bonds is 8. The second-order valence-corrected chi connectivity index (χ2v) is 6.14. The lowest BCUT2D eigenvalue weighted by molar-refractivity contribution is 0.195. The van der Waals surface area contributed by atoms with Crippen molar-refractivity contribution in [3.05, 3.63) is 16.6 Å². The van der Waals surface area contributed by atoms with Crippen LogP contribution in [-0.4, -0.2) is 31.8 Å². The van der Waals surface area contributed by atoms with Crippen LogP contribution in [-0.2, 0) is 11.2 Å². The van der Waals surface area contributed by atoms with Crippen molar-refractivity contribution in [3.8, 4) is 0 Å². The molecule has 2 rings (SSSR count). The molecular formula is C14H24N2OS. The van der Waals surface area contributed by atoms with E-state index in [0.717, 1.165) is 31.5 Å². The second kappa shape index (κ2) is 7.87. The molecule has 1 aliphatic carbocycles. The first-order valence-electron chi connectivity index (χ1n) is 6.97. The van der Waals surface area contributed by atoms with Crippen LogP contribution in [0.3, 0.4) is 0 Å². The Morgan fingerprint density at radius 1 is 1.50 bits per heavy atom. The highest BCUT2D eigenvalue weighted by Gasteiger charge is 2.25. The lowest BCUT2D eigenvalue weighted by Gasteiger charge is -2.23. The van der Waals surface area contributed by atoms with Crippen LogP contribution in [0.25, 0.3) is 0 Å². The summed E-state index contributed by atoms with van der Waals surface area (Å²) in [6.45, 7) is 2.88. The third-order valence-electron chi connectivity index (χ3n) is 3.90. The van der Waals surface area contributed by atoms with Gasteiger partial charge < -0.3 is 10.1 Å². The highest BCUT2D eigenvalue weighted by Crippen LogP contribution is 2.33. The van der Waals surface area contributed by atoms with E-state index in [9.17, 15) is 0 Å². The van der Waals surface area contributed by atoms with E-state index < -0.39 is 0 Å². The molecule has 1 aromatic heterocycles. The van der Waals surface area contributed by atoms with Crippen LogP contribution in [0.4, 0.5) is 0 Å². The molecule has 1 fully saturated rings. The van der Waals surface area contributed by atoms with Crippen molar-refractivity contribution < 1.29 is 4.74 Å². The molecular weight excluding hydrogens is 244 g/mol. The average molecular weight is 268 g/mol. The minimum Gasteiger partial charge on any atom is -0.383 e. The molecule has 102 valence electrons. The van der Waals surface area contributed by atoms with Crippen LogP contribution in [0.1, 0.15) is 30.6 Å². The van der Waals surface area contributed by atoms with Crippen LogP contribution >= 0.6 is 11.3 Å². The topological polar surface area (TPSA) is 34.1 Å². The minimum atomic E-state index is 0.768. The van der Waals surface area contributed by atoms with Gasteiger partial charge in [-0.2, -0.15) is 0 Å². The lowest BCUT2D eigenvalue weighted by Crippen LogP contribution is -2.30. The van der Waals surface area contributed by atoms with E-state index in [4.69, 9.17) is 4.74 Å². The summed E-state index contributed by atoms with van der Waals surface area (Å²) in [5.41, 5.74) is 1.94. The molecule has 0 aromatic carbocycles. The summed E-state index contributed by atoms with van der Waals surface area (Å²) < 4.78 is 5.08. The van der Waals surface area contributed by atoms with Gasteiger partial charge in [-0.05, 0) is 24.8 Å². The fraction of sp³-hybridized carbons (Fsp3) is 0.786. The third kappa shape index (κ3) is 4.34. The van der Waals surface area contributed by atoms with Crippen LogP contribution in [0, 0.1) is 11.8 Å². The molecule has 0 radical (unpaired) electrons.